The van der Waals surface area contributed by atoms with E-state index in [1.165, 1.54) is 28.0 Å². The number of phenols is 1. The summed E-state index contributed by atoms with van der Waals surface area (Å²) in [6.07, 6.45) is 1.42. The van der Waals surface area contributed by atoms with Crippen molar-refractivity contribution < 1.29 is 14.3 Å². The first kappa shape index (κ1) is 20.7. The number of carbonyl (C=O) groups is 1. The highest BCUT2D eigenvalue weighted by Gasteiger charge is 2.22. The second kappa shape index (κ2) is 8.69. The summed E-state index contributed by atoms with van der Waals surface area (Å²) in [4.78, 5) is 22.9. The molecule has 10 heteroatoms. The van der Waals surface area contributed by atoms with E-state index in [0.717, 1.165) is 6.07 Å². The molecule has 0 aliphatic carbocycles. The predicted octanol–water partition coefficient (Wildman–Crippen LogP) is 2.87. The largest absolute Gasteiger partial charge is 0.505 e. The Hall–Kier alpha value is -4.52. The van der Waals surface area contributed by atoms with E-state index in [2.05, 4.69) is 21.1 Å². The number of aromatic hydroxyl groups is 1. The van der Waals surface area contributed by atoms with Gasteiger partial charge in [-0.05, 0) is 30.3 Å². The molecule has 3 N–H and O–H groups in total. The van der Waals surface area contributed by atoms with Crippen LogP contribution < -0.4 is 10.6 Å². The number of anilines is 2. The molecule has 4 rings (SSSR count). The van der Waals surface area contributed by atoms with Crippen molar-refractivity contribution in [3.63, 3.8) is 0 Å². The minimum atomic E-state index is -0.770. The monoisotopic (exact) mass is 431 g/mol. The molecule has 2 heterocycles. The Bertz CT molecular complexity index is 1330. The molecule has 0 bridgehead atoms. The van der Waals surface area contributed by atoms with Gasteiger partial charge in [0.05, 0.1) is 17.9 Å². The number of benzene rings is 2. The molecule has 0 saturated heterocycles. The van der Waals surface area contributed by atoms with E-state index in [-0.39, 0.29) is 31.2 Å². The van der Waals surface area contributed by atoms with Crippen LogP contribution in [0.3, 0.4) is 0 Å². The Balaban J connectivity index is 1.76. The molecular formula is C22H18FN7O2. The van der Waals surface area contributed by atoms with Gasteiger partial charge in [0.1, 0.15) is 24.4 Å². The van der Waals surface area contributed by atoms with Crippen molar-refractivity contribution >= 4 is 28.4 Å². The van der Waals surface area contributed by atoms with Gasteiger partial charge < -0.3 is 15.7 Å². The number of fused-ring (bicyclic) bond motifs is 1. The van der Waals surface area contributed by atoms with Crippen LogP contribution in [0.5, 0.6) is 5.75 Å². The molecule has 0 saturated carbocycles. The van der Waals surface area contributed by atoms with Crippen LogP contribution in [-0.2, 0) is 11.3 Å². The van der Waals surface area contributed by atoms with Crippen LogP contribution in [-0.4, -0.2) is 37.3 Å². The van der Waals surface area contributed by atoms with E-state index in [9.17, 15) is 14.3 Å². The lowest BCUT2D eigenvalue weighted by atomic mass is 10.1. The smallest absolute Gasteiger partial charge is 0.248 e. The molecule has 0 fully saturated rings. The Labute approximate surface area is 182 Å². The van der Waals surface area contributed by atoms with Crippen LogP contribution in [0.2, 0.25) is 0 Å². The first-order valence-electron chi connectivity index (χ1n) is 9.68. The molecule has 0 unspecified atom stereocenters. The van der Waals surface area contributed by atoms with E-state index in [1.807, 2.05) is 6.07 Å². The number of rotatable bonds is 6. The summed E-state index contributed by atoms with van der Waals surface area (Å²) in [7, 11) is 0. The second-order valence-corrected chi connectivity index (χ2v) is 6.92. The molecule has 0 atom stereocenters. The van der Waals surface area contributed by atoms with E-state index >= 15 is 0 Å². The van der Waals surface area contributed by atoms with E-state index < -0.39 is 11.6 Å². The number of halogens is 1. The molecule has 0 spiro atoms. The highest BCUT2D eigenvalue weighted by atomic mass is 19.1. The maximum Gasteiger partial charge on any atom is 0.248 e. The van der Waals surface area contributed by atoms with Crippen molar-refractivity contribution in [3.05, 3.63) is 60.7 Å². The number of nitriles is 1. The number of carbonyl (C=O) groups excluding carboxylic acids is 1. The number of phenolic OH excluding ortho intramolecular Hbond substituents is 1. The average Bonchev–Trinajstić information content (AvgIpc) is 3.16. The summed E-state index contributed by atoms with van der Waals surface area (Å²) in [5, 5.41) is 23.6. The zero-order valence-electron chi connectivity index (χ0n) is 16.8. The molecule has 32 heavy (non-hydrogen) atoms. The number of para-hydroxylation sites is 1. The number of nitrogens with zero attached hydrogens (tertiary/aromatic N) is 6. The third-order valence-electron chi connectivity index (χ3n) is 4.88. The quantitative estimate of drug-likeness (QED) is 0.479. The van der Waals surface area contributed by atoms with Crippen LogP contribution >= 0.6 is 0 Å². The molecular weight excluding hydrogens is 413 g/mol. The van der Waals surface area contributed by atoms with Crippen LogP contribution in [0.15, 0.2) is 54.9 Å². The van der Waals surface area contributed by atoms with Crippen LogP contribution in [0.4, 0.5) is 15.9 Å². The Morgan fingerprint density at radius 2 is 2.00 bits per heavy atom. The maximum absolute atomic E-state index is 13.5. The van der Waals surface area contributed by atoms with E-state index in [4.69, 9.17) is 11.0 Å². The SMILES string of the molecule is N#CCCN(C(=O)Cn1nc(-c2ccc(F)c(O)c2)c2c(N)ncnc21)c1ccccc1. The van der Waals surface area contributed by atoms with Gasteiger partial charge in [-0.3, -0.25) is 4.79 Å². The summed E-state index contributed by atoms with van der Waals surface area (Å²) in [6.45, 7) is 0.0365. The first-order valence-corrected chi connectivity index (χ1v) is 9.68. The molecule has 0 aliphatic heterocycles. The zero-order chi connectivity index (χ0) is 22.7. The molecule has 2 aromatic carbocycles. The van der Waals surface area contributed by atoms with Gasteiger partial charge in [-0.25, -0.2) is 19.0 Å². The highest BCUT2D eigenvalue weighted by molar-refractivity contribution is 6.00. The van der Waals surface area contributed by atoms with Crippen molar-refractivity contribution in [2.45, 2.75) is 13.0 Å². The standard InChI is InChI=1S/C22H18FN7O2/c23-16-8-7-14(11-17(16)31)20-19-21(25)26-13-27-22(19)30(28-20)12-18(32)29(10-4-9-24)15-5-2-1-3-6-15/h1-3,5-8,11,13,31H,4,10,12H2,(H2,25,26,27). The predicted molar refractivity (Wildman–Crippen MR) is 116 cm³/mol. The molecule has 160 valence electrons. The Kier molecular flexibility index (Phi) is 5.63. The maximum atomic E-state index is 13.5. The lowest BCUT2D eigenvalue weighted by Crippen LogP contribution is -2.35. The van der Waals surface area contributed by atoms with Crippen LogP contribution in [0.25, 0.3) is 22.3 Å². The van der Waals surface area contributed by atoms with Gasteiger partial charge in [-0.15, -0.1) is 0 Å². The van der Waals surface area contributed by atoms with Gasteiger partial charge in [0.25, 0.3) is 0 Å². The molecule has 0 aliphatic rings. The fraction of sp³-hybridized carbons (Fsp3) is 0.136. The fourth-order valence-corrected chi connectivity index (χ4v) is 3.38. The minimum Gasteiger partial charge on any atom is -0.505 e. The summed E-state index contributed by atoms with van der Waals surface area (Å²) in [6, 6.07) is 14.8. The van der Waals surface area contributed by atoms with Crippen molar-refractivity contribution in [3.8, 4) is 23.1 Å². The van der Waals surface area contributed by atoms with Gasteiger partial charge in [0, 0.05) is 17.8 Å². The molecule has 2 aromatic heterocycles. The summed E-state index contributed by atoms with van der Waals surface area (Å²) >= 11 is 0. The molecule has 0 radical (unpaired) electrons. The fourth-order valence-electron chi connectivity index (χ4n) is 3.38. The lowest BCUT2D eigenvalue weighted by molar-refractivity contribution is -0.119. The first-order chi connectivity index (χ1) is 15.5. The lowest BCUT2D eigenvalue weighted by Gasteiger charge is -2.21. The molecule has 1 amide bonds. The van der Waals surface area contributed by atoms with Crippen molar-refractivity contribution in [2.75, 3.05) is 17.2 Å². The highest BCUT2D eigenvalue weighted by Crippen LogP contribution is 2.32. The van der Waals surface area contributed by atoms with Crippen molar-refractivity contribution in [1.29, 1.82) is 5.26 Å². The van der Waals surface area contributed by atoms with Crippen molar-refractivity contribution in [2.24, 2.45) is 0 Å². The number of amides is 1. The van der Waals surface area contributed by atoms with Gasteiger partial charge >= 0.3 is 0 Å². The van der Waals surface area contributed by atoms with Crippen LogP contribution in [0.1, 0.15) is 6.42 Å². The number of aromatic nitrogens is 4. The van der Waals surface area contributed by atoms with E-state index in [1.54, 1.807) is 24.3 Å². The molecule has 4 aromatic rings. The van der Waals surface area contributed by atoms with E-state index in [0.29, 0.717) is 28.0 Å². The third kappa shape index (κ3) is 3.91. The number of nitrogens with two attached hydrogens (primary N) is 1. The third-order valence-corrected chi connectivity index (χ3v) is 4.88. The molecule has 9 nitrogen and oxygen atoms in total. The second-order valence-electron chi connectivity index (χ2n) is 6.92. The number of hydrogen-bond acceptors (Lipinski definition) is 7. The van der Waals surface area contributed by atoms with Gasteiger partial charge in [-0.2, -0.15) is 10.4 Å². The van der Waals surface area contributed by atoms with Crippen molar-refractivity contribution in [1.82, 2.24) is 19.7 Å². The topological polar surface area (TPSA) is 134 Å². The average molecular weight is 431 g/mol. The van der Waals surface area contributed by atoms with Gasteiger partial charge in [-0.1, -0.05) is 18.2 Å². The number of hydrogen-bond donors (Lipinski definition) is 2. The Morgan fingerprint density at radius 3 is 2.72 bits per heavy atom. The normalized spacial score (nSPS) is 10.8. The minimum absolute atomic E-state index is 0.136. The Morgan fingerprint density at radius 1 is 1.22 bits per heavy atom. The number of nitrogen functional groups attached to an aromatic ring is 1. The summed E-state index contributed by atoms with van der Waals surface area (Å²) in [5.74, 6) is -1.48. The van der Waals surface area contributed by atoms with Gasteiger partial charge in [0.2, 0.25) is 5.91 Å². The summed E-state index contributed by atoms with van der Waals surface area (Å²) < 4.78 is 14.9. The zero-order valence-corrected chi connectivity index (χ0v) is 16.8. The van der Waals surface area contributed by atoms with Crippen LogP contribution in [0, 0.1) is 17.1 Å². The summed E-state index contributed by atoms with van der Waals surface area (Å²) in [5.41, 5.74) is 7.73. The van der Waals surface area contributed by atoms with Gasteiger partial charge in [0.15, 0.2) is 17.2 Å².